The molecule has 1 aliphatic heterocycles. The van der Waals surface area contributed by atoms with E-state index >= 15 is 0 Å². The Morgan fingerprint density at radius 2 is 2.38 bits per heavy atom. The van der Waals surface area contributed by atoms with Gasteiger partial charge in [0.2, 0.25) is 0 Å². The molecule has 6 nitrogen and oxygen atoms in total. The van der Waals surface area contributed by atoms with E-state index in [2.05, 4.69) is 10.2 Å². The highest BCUT2D eigenvalue weighted by atomic mass is 16.6. The Labute approximate surface area is 125 Å². The summed E-state index contributed by atoms with van der Waals surface area (Å²) in [7, 11) is 1.69. The molecule has 1 atom stereocenters. The first kappa shape index (κ1) is 15.9. The van der Waals surface area contributed by atoms with Crippen LogP contribution in [0.4, 0.5) is 5.69 Å². The van der Waals surface area contributed by atoms with Crippen LogP contribution in [0.5, 0.6) is 0 Å². The molecule has 0 radical (unpaired) electrons. The van der Waals surface area contributed by atoms with Gasteiger partial charge in [-0.25, -0.2) is 0 Å². The second-order valence-corrected chi connectivity index (χ2v) is 5.45. The quantitative estimate of drug-likeness (QED) is 0.584. The van der Waals surface area contributed by atoms with Crippen molar-refractivity contribution in [1.29, 1.82) is 0 Å². The van der Waals surface area contributed by atoms with E-state index in [1.165, 1.54) is 18.9 Å². The van der Waals surface area contributed by atoms with Crippen molar-refractivity contribution < 1.29 is 9.66 Å². The minimum atomic E-state index is -0.346. The minimum Gasteiger partial charge on any atom is -0.383 e. The van der Waals surface area contributed by atoms with Crippen molar-refractivity contribution in [2.45, 2.75) is 25.4 Å². The Bertz CT molecular complexity index is 461. The molecule has 0 spiro atoms. The van der Waals surface area contributed by atoms with E-state index < -0.39 is 0 Å². The fourth-order valence-electron chi connectivity index (χ4n) is 2.71. The summed E-state index contributed by atoms with van der Waals surface area (Å²) in [5.41, 5.74) is 1.12. The lowest BCUT2D eigenvalue weighted by Crippen LogP contribution is -2.38. The summed E-state index contributed by atoms with van der Waals surface area (Å²) >= 11 is 0. The number of rotatable bonds is 8. The molecule has 0 bridgehead atoms. The van der Waals surface area contributed by atoms with E-state index in [9.17, 15) is 10.1 Å². The lowest BCUT2D eigenvalue weighted by Gasteiger charge is -2.25. The van der Waals surface area contributed by atoms with E-state index in [0.717, 1.165) is 25.2 Å². The van der Waals surface area contributed by atoms with Crippen LogP contribution >= 0.6 is 0 Å². The highest BCUT2D eigenvalue weighted by Crippen LogP contribution is 2.16. The van der Waals surface area contributed by atoms with Crippen LogP contribution in [-0.2, 0) is 11.3 Å². The summed E-state index contributed by atoms with van der Waals surface area (Å²) in [6.07, 6.45) is 2.41. The average molecular weight is 293 g/mol. The third-order valence-electron chi connectivity index (χ3n) is 3.78. The van der Waals surface area contributed by atoms with Gasteiger partial charge in [0.1, 0.15) is 0 Å². The van der Waals surface area contributed by atoms with Gasteiger partial charge in [0.05, 0.1) is 11.5 Å². The molecular formula is C15H23N3O3. The van der Waals surface area contributed by atoms with Gasteiger partial charge in [0, 0.05) is 44.9 Å². The Balaban J connectivity index is 1.98. The highest BCUT2D eigenvalue weighted by Gasteiger charge is 2.18. The monoisotopic (exact) mass is 293 g/mol. The Morgan fingerprint density at radius 1 is 1.52 bits per heavy atom. The Morgan fingerprint density at radius 3 is 3.05 bits per heavy atom. The van der Waals surface area contributed by atoms with Gasteiger partial charge in [-0.05, 0) is 24.9 Å². The van der Waals surface area contributed by atoms with E-state index in [0.29, 0.717) is 19.2 Å². The number of hydrogen-bond acceptors (Lipinski definition) is 5. The fourth-order valence-corrected chi connectivity index (χ4v) is 2.71. The first-order chi connectivity index (χ1) is 10.2. The van der Waals surface area contributed by atoms with Gasteiger partial charge >= 0.3 is 0 Å². The second-order valence-electron chi connectivity index (χ2n) is 5.45. The van der Waals surface area contributed by atoms with Gasteiger partial charge < -0.3 is 10.1 Å². The molecular weight excluding hydrogens is 270 g/mol. The standard InChI is InChI=1S/C15H23N3O3/c1-21-9-8-17(12-14-5-3-7-16-14)11-13-4-2-6-15(10-13)18(19)20/h2,4,6,10,14,16H,3,5,7-9,11-12H2,1H3. The van der Waals surface area contributed by atoms with E-state index in [-0.39, 0.29) is 10.6 Å². The molecule has 0 aromatic heterocycles. The van der Waals surface area contributed by atoms with Gasteiger partial charge in [-0.2, -0.15) is 0 Å². The summed E-state index contributed by atoms with van der Waals surface area (Å²) in [5, 5.41) is 14.3. The number of benzene rings is 1. The van der Waals surface area contributed by atoms with Crippen LogP contribution in [-0.4, -0.2) is 49.2 Å². The average Bonchev–Trinajstić information content (AvgIpc) is 2.98. The number of nitro groups is 1. The van der Waals surface area contributed by atoms with Crippen molar-refractivity contribution in [1.82, 2.24) is 10.2 Å². The maximum Gasteiger partial charge on any atom is 0.269 e. The molecule has 21 heavy (non-hydrogen) atoms. The number of hydrogen-bond donors (Lipinski definition) is 1. The van der Waals surface area contributed by atoms with Crippen LogP contribution < -0.4 is 5.32 Å². The summed E-state index contributed by atoms with van der Waals surface area (Å²) in [5.74, 6) is 0. The normalized spacial score (nSPS) is 18.3. The third-order valence-corrected chi connectivity index (χ3v) is 3.78. The first-order valence-electron chi connectivity index (χ1n) is 7.37. The lowest BCUT2D eigenvalue weighted by atomic mass is 10.1. The van der Waals surface area contributed by atoms with Crippen LogP contribution in [0.3, 0.4) is 0 Å². The number of methoxy groups -OCH3 is 1. The molecule has 1 aromatic rings. The number of non-ortho nitro benzene ring substituents is 1. The van der Waals surface area contributed by atoms with E-state index in [4.69, 9.17) is 4.74 Å². The summed E-state index contributed by atoms with van der Waals surface area (Å²) < 4.78 is 5.17. The van der Waals surface area contributed by atoms with Crippen LogP contribution in [0.1, 0.15) is 18.4 Å². The molecule has 1 aliphatic rings. The maximum absolute atomic E-state index is 10.9. The van der Waals surface area contributed by atoms with Crippen LogP contribution in [0.15, 0.2) is 24.3 Å². The number of nitrogens with zero attached hydrogens (tertiary/aromatic N) is 2. The van der Waals surface area contributed by atoms with Crippen molar-refractivity contribution in [3.05, 3.63) is 39.9 Å². The number of nitro benzene ring substituents is 1. The van der Waals surface area contributed by atoms with Crippen molar-refractivity contribution in [3.8, 4) is 0 Å². The molecule has 6 heteroatoms. The molecule has 1 N–H and O–H groups in total. The predicted molar refractivity (Wildman–Crippen MR) is 81.3 cm³/mol. The lowest BCUT2D eigenvalue weighted by molar-refractivity contribution is -0.384. The number of ether oxygens (including phenoxy) is 1. The summed E-state index contributed by atoms with van der Waals surface area (Å²) in [6, 6.07) is 7.38. The smallest absolute Gasteiger partial charge is 0.269 e. The zero-order valence-electron chi connectivity index (χ0n) is 12.5. The number of nitrogens with one attached hydrogen (secondary N) is 1. The third kappa shape index (κ3) is 5.08. The van der Waals surface area contributed by atoms with Gasteiger partial charge in [-0.3, -0.25) is 15.0 Å². The molecule has 0 aliphatic carbocycles. The van der Waals surface area contributed by atoms with Gasteiger partial charge in [0.25, 0.3) is 5.69 Å². The molecule has 1 saturated heterocycles. The van der Waals surface area contributed by atoms with Crippen molar-refractivity contribution >= 4 is 5.69 Å². The molecule has 2 rings (SSSR count). The Kier molecular flexibility index (Phi) is 6.10. The zero-order valence-corrected chi connectivity index (χ0v) is 12.5. The predicted octanol–water partition coefficient (Wildman–Crippen LogP) is 1.80. The van der Waals surface area contributed by atoms with Crippen molar-refractivity contribution in [2.75, 3.05) is 33.4 Å². The molecule has 1 aromatic carbocycles. The summed E-state index contributed by atoms with van der Waals surface area (Å²) in [4.78, 5) is 12.8. The van der Waals surface area contributed by atoms with Gasteiger partial charge in [-0.15, -0.1) is 0 Å². The SMILES string of the molecule is COCCN(Cc1cccc([N+](=O)[O-])c1)CC1CCCN1. The van der Waals surface area contributed by atoms with Gasteiger partial charge in [0.15, 0.2) is 0 Å². The van der Waals surface area contributed by atoms with E-state index in [1.54, 1.807) is 19.2 Å². The van der Waals surface area contributed by atoms with E-state index in [1.807, 2.05) is 6.07 Å². The summed E-state index contributed by atoms with van der Waals surface area (Å²) in [6.45, 7) is 4.24. The van der Waals surface area contributed by atoms with Crippen molar-refractivity contribution in [2.24, 2.45) is 0 Å². The van der Waals surface area contributed by atoms with Crippen LogP contribution in [0.25, 0.3) is 0 Å². The van der Waals surface area contributed by atoms with Crippen LogP contribution in [0, 0.1) is 10.1 Å². The molecule has 0 saturated carbocycles. The zero-order chi connectivity index (χ0) is 15.1. The van der Waals surface area contributed by atoms with Gasteiger partial charge in [-0.1, -0.05) is 12.1 Å². The highest BCUT2D eigenvalue weighted by molar-refractivity contribution is 5.34. The van der Waals surface area contributed by atoms with Crippen molar-refractivity contribution in [3.63, 3.8) is 0 Å². The largest absolute Gasteiger partial charge is 0.383 e. The second kappa shape index (κ2) is 8.07. The molecule has 1 heterocycles. The molecule has 0 amide bonds. The molecule has 116 valence electrons. The topological polar surface area (TPSA) is 67.6 Å². The molecule has 1 unspecified atom stereocenters. The Hall–Kier alpha value is -1.50. The fraction of sp³-hybridized carbons (Fsp3) is 0.600. The maximum atomic E-state index is 10.9. The minimum absolute atomic E-state index is 0.151. The first-order valence-corrected chi connectivity index (χ1v) is 7.37. The van der Waals surface area contributed by atoms with Crippen LogP contribution in [0.2, 0.25) is 0 Å². The molecule has 1 fully saturated rings.